The summed E-state index contributed by atoms with van der Waals surface area (Å²) in [5, 5.41) is 4.33. The van der Waals surface area contributed by atoms with Gasteiger partial charge in [0.05, 0.1) is 13.0 Å². The molecule has 2 atom stereocenters. The van der Waals surface area contributed by atoms with Crippen molar-refractivity contribution in [2.45, 2.75) is 32.4 Å². The number of esters is 2. The molecule has 0 unspecified atom stereocenters. The molecule has 3 rings (SSSR count). The van der Waals surface area contributed by atoms with Gasteiger partial charge in [-0.1, -0.05) is 55.5 Å². The van der Waals surface area contributed by atoms with E-state index in [4.69, 9.17) is 9.47 Å². The molecule has 2 N–H and O–H groups in total. The number of carbonyl (C=O) groups is 2. The molecule has 2 aromatic carbocycles. The summed E-state index contributed by atoms with van der Waals surface area (Å²) in [7, 11) is 1.38. The van der Waals surface area contributed by atoms with Crippen molar-refractivity contribution in [3.8, 4) is 0 Å². The Labute approximate surface area is 176 Å². The minimum absolute atomic E-state index is 0.244. The molecule has 30 heavy (non-hydrogen) atoms. The molecule has 0 aliphatic carbocycles. The number of hydrogen-bond acceptors (Lipinski definition) is 5. The molecule has 0 bridgehead atoms. The molecule has 6 heteroatoms. The van der Waals surface area contributed by atoms with E-state index in [1.54, 1.807) is 0 Å². The van der Waals surface area contributed by atoms with Gasteiger partial charge in [-0.2, -0.15) is 0 Å². The molecule has 158 valence electrons. The van der Waals surface area contributed by atoms with Gasteiger partial charge in [0.15, 0.2) is 0 Å². The van der Waals surface area contributed by atoms with Crippen molar-refractivity contribution < 1.29 is 19.1 Å². The van der Waals surface area contributed by atoms with Crippen LogP contribution in [-0.2, 0) is 32.1 Å². The van der Waals surface area contributed by atoms with Gasteiger partial charge in [-0.15, -0.1) is 0 Å². The Morgan fingerprint density at radius 3 is 2.53 bits per heavy atom. The number of para-hydroxylation sites is 1. The Bertz CT molecular complexity index is 968. The lowest BCUT2D eigenvalue weighted by atomic mass is 10.0. The first-order valence-corrected chi connectivity index (χ1v) is 10.1. The molecule has 0 amide bonds. The Morgan fingerprint density at radius 1 is 1.03 bits per heavy atom. The molecule has 0 saturated heterocycles. The molecule has 3 aromatic rings. The molecular formula is C24H28N2O4. The van der Waals surface area contributed by atoms with Gasteiger partial charge in [0.1, 0.15) is 12.6 Å². The predicted molar refractivity (Wildman–Crippen MR) is 116 cm³/mol. The number of hydrogen-bond donors (Lipinski definition) is 2. The Kier molecular flexibility index (Phi) is 7.63. The van der Waals surface area contributed by atoms with E-state index in [1.165, 1.54) is 7.11 Å². The first-order valence-electron chi connectivity index (χ1n) is 10.1. The standard InChI is InChI=1S/C24H28N2O4/c1-17(23(27)30-16-18-8-4-3-5-9-18)12-13-25-22(24(28)29-2)14-19-15-26-21-11-7-6-10-20(19)21/h3-11,15,17,22,25-26H,12-14,16H2,1-2H3/t17-,22-/m0/s1. The van der Waals surface area contributed by atoms with E-state index in [0.29, 0.717) is 19.4 Å². The quantitative estimate of drug-likeness (QED) is 0.501. The third-order valence-electron chi connectivity index (χ3n) is 5.18. The summed E-state index contributed by atoms with van der Waals surface area (Å²) >= 11 is 0. The number of methoxy groups -OCH3 is 1. The van der Waals surface area contributed by atoms with Gasteiger partial charge in [0, 0.05) is 23.5 Å². The summed E-state index contributed by atoms with van der Waals surface area (Å²) < 4.78 is 10.3. The number of ether oxygens (including phenoxy) is 2. The minimum atomic E-state index is -0.484. The lowest BCUT2D eigenvalue weighted by Crippen LogP contribution is -2.40. The molecule has 6 nitrogen and oxygen atoms in total. The number of rotatable bonds is 10. The van der Waals surface area contributed by atoms with E-state index >= 15 is 0 Å². The number of carbonyl (C=O) groups excluding carboxylic acids is 2. The number of nitrogens with one attached hydrogen (secondary N) is 2. The van der Waals surface area contributed by atoms with Crippen LogP contribution < -0.4 is 5.32 Å². The van der Waals surface area contributed by atoms with Gasteiger partial charge in [0.25, 0.3) is 0 Å². The summed E-state index contributed by atoms with van der Waals surface area (Å²) in [5.74, 6) is -0.834. The van der Waals surface area contributed by atoms with Crippen LogP contribution in [0.1, 0.15) is 24.5 Å². The van der Waals surface area contributed by atoms with Gasteiger partial charge in [-0.25, -0.2) is 0 Å². The van der Waals surface area contributed by atoms with Crippen LogP contribution in [0.5, 0.6) is 0 Å². The second-order valence-corrected chi connectivity index (χ2v) is 7.38. The molecule has 0 saturated carbocycles. The molecule has 0 aliphatic heterocycles. The van der Waals surface area contributed by atoms with Crippen molar-refractivity contribution >= 4 is 22.8 Å². The van der Waals surface area contributed by atoms with E-state index in [1.807, 2.05) is 67.7 Å². The second-order valence-electron chi connectivity index (χ2n) is 7.38. The van der Waals surface area contributed by atoms with E-state index in [-0.39, 0.29) is 24.5 Å². The first-order chi connectivity index (χ1) is 14.6. The molecule has 0 radical (unpaired) electrons. The van der Waals surface area contributed by atoms with Crippen molar-refractivity contribution in [3.63, 3.8) is 0 Å². The number of benzene rings is 2. The minimum Gasteiger partial charge on any atom is -0.468 e. The van der Waals surface area contributed by atoms with Gasteiger partial charge >= 0.3 is 11.9 Å². The fourth-order valence-corrected chi connectivity index (χ4v) is 3.36. The van der Waals surface area contributed by atoms with Crippen LogP contribution >= 0.6 is 0 Å². The highest BCUT2D eigenvalue weighted by molar-refractivity contribution is 5.84. The molecule has 0 fully saturated rings. The lowest BCUT2D eigenvalue weighted by molar-refractivity contribution is -0.149. The number of fused-ring (bicyclic) bond motifs is 1. The topological polar surface area (TPSA) is 80.4 Å². The summed E-state index contributed by atoms with van der Waals surface area (Å²) in [5.41, 5.74) is 3.04. The van der Waals surface area contributed by atoms with Crippen molar-refractivity contribution in [2.24, 2.45) is 5.92 Å². The number of H-pyrrole nitrogens is 1. The molecule has 1 heterocycles. The van der Waals surface area contributed by atoms with E-state index in [2.05, 4.69) is 10.3 Å². The van der Waals surface area contributed by atoms with Gasteiger partial charge in [0.2, 0.25) is 0 Å². The van der Waals surface area contributed by atoms with Crippen molar-refractivity contribution in [3.05, 3.63) is 71.9 Å². The Hall–Kier alpha value is -3.12. The van der Waals surface area contributed by atoms with Crippen LogP contribution in [0.25, 0.3) is 10.9 Å². The maximum atomic E-state index is 12.3. The monoisotopic (exact) mass is 408 g/mol. The zero-order valence-electron chi connectivity index (χ0n) is 17.4. The highest BCUT2D eigenvalue weighted by atomic mass is 16.5. The smallest absolute Gasteiger partial charge is 0.323 e. The highest BCUT2D eigenvalue weighted by Crippen LogP contribution is 2.19. The predicted octanol–water partition coefficient (Wildman–Crippen LogP) is 3.61. The van der Waals surface area contributed by atoms with Crippen LogP contribution in [-0.4, -0.2) is 36.6 Å². The number of aromatic amines is 1. The fraction of sp³-hybridized carbons (Fsp3) is 0.333. The van der Waals surface area contributed by atoms with Gasteiger partial charge in [-0.3, -0.25) is 9.59 Å². The van der Waals surface area contributed by atoms with E-state index < -0.39 is 6.04 Å². The fourth-order valence-electron chi connectivity index (χ4n) is 3.36. The molecular weight excluding hydrogens is 380 g/mol. The summed E-state index contributed by atoms with van der Waals surface area (Å²) in [6.07, 6.45) is 2.99. The maximum Gasteiger partial charge on any atom is 0.323 e. The average Bonchev–Trinajstić information content (AvgIpc) is 3.19. The Morgan fingerprint density at radius 2 is 1.77 bits per heavy atom. The number of aromatic nitrogens is 1. The normalized spacial score (nSPS) is 13.0. The molecule has 0 spiro atoms. The van der Waals surface area contributed by atoms with Gasteiger partial charge in [-0.05, 0) is 30.2 Å². The van der Waals surface area contributed by atoms with Crippen molar-refractivity contribution in [1.29, 1.82) is 0 Å². The third-order valence-corrected chi connectivity index (χ3v) is 5.18. The van der Waals surface area contributed by atoms with Gasteiger partial charge < -0.3 is 19.8 Å². The van der Waals surface area contributed by atoms with E-state index in [9.17, 15) is 9.59 Å². The summed E-state index contributed by atoms with van der Waals surface area (Å²) in [6.45, 7) is 2.61. The SMILES string of the molecule is COC(=O)[C@H](Cc1c[nH]c2ccccc12)NCC[C@H](C)C(=O)OCc1ccccc1. The van der Waals surface area contributed by atoms with Crippen LogP contribution in [0.3, 0.4) is 0 Å². The zero-order chi connectivity index (χ0) is 21.3. The molecule has 0 aliphatic rings. The van der Waals surface area contributed by atoms with Crippen LogP contribution in [0.15, 0.2) is 60.8 Å². The van der Waals surface area contributed by atoms with Crippen LogP contribution in [0.4, 0.5) is 0 Å². The van der Waals surface area contributed by atoms with E-state index in [0.717, 1.165) is 22.0 Å². The summed E-state index contributed by atoms with van der Waals surface area (Å²) in [6, 6.07) is 17.1. The third kappa shape index (κ3) is 5.70. The second kappa shape index (κ2) is 10.6. The zero-order valence-corrected chi connectivity index (χ0v) is 17.4. The maximum absolute atomic E-state index is 12.3. The first kappa shape index (κ1) is 21.6. The average molecular weight is 408 g/mol. The van der Waals surface area contributed by atoms with Crippen LogP contribution in [0, 0.1) is 5.92 Å². The Balaban J connectivity index is 1.50. The van der Waals surface area contributed by atoms with Crippen molar-refractivity contribution in [2.75, 3.05) is 13.7 Å². The summed E-state index contributed by atoms with van der Waals surface area (Å²) in [4.78, 5) is 27.7. The van der Waals surface area contributed by atoms with Crippen LogP contribution in [0.2, 0.25) is 0 Å². The largest absolute Gasteiger partial charge is 0.468 e. The highest BCUT2D eigenvalue weighted by Gasteiger charge is 2.22. The molecule has 1 aromatic heterocycles. The van der Waals surface area contributed by atoms with Crippen molar-refractivity contribution in [1.82, 2.24) is 10.3 Å². The lowest BCUT2D eigenvalue weighted by Gasteiger charge is -2.18.